The van der Waals surface area contributed by atoms with Crippen molar-refractivity contribution in [2.24, 2.45) is 4.99 Å². The number of esters is 1. The van der Waals surface area contributed by atoms with Crippen LogP contribution in [0.3, 0.4) is 0 Å². The molecule has 0 aliphatic heterocycles. The van der Waals surface area contributed by atoms with Crippen LogP contribution in [0.5, 0.6) is 0 Å². The predicted octanol–water partition coefficient (Wildman–Crippen LogP) is 3.54. The van der Waals surface area contributed by atoms with E-state index in [1.165, 1.54) is 13.3 Å². The zero-order valence-corrected chi connectivity index (χ0v) is 13.3. The van der Waals surface area contributed by atoms with E-state index in [0.29, 0.717) is 11.3 Å². The first kappa shape index (κ1) is 16.4. The molecule has 118 valence electrons. The number of benzene rings is 1. The Labute approximate surface area is 135 Å². The average Bonchev–Trinajstić information content (AvgIpc) is 2.58. The third kappa shape index (κ3) is 4.03. The Morgan fingerprint density at radius 2 is 2.04 bits per heavy atom. The largest absolute Gasteiger partial charge is 0.506 e. The van der Waals surface area contributed by atoms with Crippen molar-refractivity contribution in [2.45, 2.75) is 13.8 Å². The summed E-state index contributed by atoms with van der Waals surface area (Å²) in [4.78, 5) is 20.1. The Morgan fingerprint density at radius 1 is 1.26 bits per heavy atom. The Bertz CT molecular complexity index is 765. The van der Waals surface area contributed by atoms with Gasteiger partial charge in [0.15, 0.2) is 0 Å². The van der Waals surface area contributed by atoms with Gasteiger partial charge in [0.1, 0.15) is 11.3 Å². The minimum atomic E-state index is -0.659. The second kappa shape index (κ2) is 7.35. The number of aryl methyl sites for hydroxylation is 2. The van der Waals surface area contributed by atoms with Crippen LogP contribution in [0.2, 0.25) is 0 Å². The first-order chi connectivity index (χ1) is 11.0. The highest BCUT2D eigenvalue weighted by Gasteiger charge is 2.16. The van der Waals surface area contributed by atoms with Gasteiger partial charge in [-0.25, -0.2) is 4.79 Å². The Hall–Kier alpha value is -2.95. The molecule has 1 heterocycles. The van der Waals surface area contributed by atoms with Crippen molar-refractivity contribution in [3.8, 4) is 0 Å². The summed E-state index contributed by atoms with van der Waals surface area (Å²) in [6.07, 6.45) is 4.47. The number of nitrogens with zero attached hydrogens (tertiary/aromatic N) is 2. The number of methoxy groups -OCH3 is 1. The SMILES string of the molecule is COC(=O)C(C=Nc1cccnc1)=C(O)c1ccc(C)c(C)c1. The maximum absolute atomic E-state index is 12.0. The van der Waals surface area contributed by atoms with E-state index in [1.54, 1.807) is 30.6 Å². The van der Waals surface area contributed by atoms with Gasteiger partial charge in [0.2, 0.25) is 0 Å². The van der Waals surface area contributed by atoms with Gasteiger partial charge in [-0.15, -0.1) is 0 Å². The molecule has 0 saturated carbocycles. The van der Waals surface area contributed by atoms with E-state index >= 15 is 0 Å². The molecule has 0 amide bonds. The number of aliphatic hydroxyl groups is 1. The van der Waals surface area contributed by atoms with Crippen LogP contribution in [0.1, 0.15) is 16.7 Å². The molecule has 0 fully saturated rings. The lowest BCUT2D eigenvalue weighted by atomic mass is 10.0. The average molecular weight is 310 g/mol. The highest BCUT2D eigenvalue weighted by molar-refractivity contribution is 6.15. The molecule has 0 radical (unpaired) electrons. The molecular weight excluding hydrogens is 292 g/mol. The predicted molar refractivity (Wildman–Crippen MR) is 89.9 cm³/mol. The smallest absolute Gasteiger partial charge is 0.343 e. The molecule has 1 aromatic heterocycles. The zero-order chi connectivity index (χ0) is 16.8. The van der Waals surface area contributed by atoms with Gasteiger partial charge in [-0.2, -0.15) is 0 Å². The highest BCUT2D eigenvalue weighted by atomic mass is 16.5. The maximum atomic E-state index is 12.0. The van der Waals surface area contributed by atoms with Crippen LogP contribution in [0.4, 0.5) is 5.69 Å². The van der Waals surface area contributed by atoms with Gasteiger partial charge in [-0.05, 0) is 43.2 Å². The molecule has 2 aromatic rings. The normalized spacial score (nSPS) is 12.1. The van der Waals surface area contributed by atoms with E-state index in [2.05, 4.69) is 9.98 Å². The lowest BCUT2D eigenvalue weighted by Gasteiger charge is -2.08. The first-order valence-corrected chi connectivity index (χ1v) is 7.06. The Kier molecular flexibility index (Phi) is 5.25. The fourth-order valence-corrected chi connectivity index (χ4v) is 1.93. The summed E-state index contributed by atoms with van der Waals surface area (Å²) < 4.78 is 4.73. The summed E-state index contributed by atoms with van der Waals surface area (Å²) in [5, 5.41) is 10.4. The molecule has 0 atom stereocenters. The van der Waals surface area contributed by atoms with Gasteiger partial charge in [-0.1, -0.05) is 12.1 Å². The van der Waals surface area contributed by atoms with E-state index < -0.39 is 5.97 Å². The summed E-state index contributed by atoms with van der Waals surface area (Å²) in [6.45, 7) is 3.92. The van der Waals surface area contributed by atoms with Crippen molar-refractivity contribution < 1.29 is 14.6 Å². The van der Waals surface area contributed by atoms with E-state index in [1.807, 2.05) is 26.0 Å². The van der Waals surface area contributed by atoms with E-state index in [0.717, 1.165) is 11.1 Å². The fourth-order valence-electron chi connectivity index (χ4n) is 1.93. The molecule has 0 spiro atoms. The van der Waals surface area contributed by atoms with Crippen LogP contribution in [0, 0.1) is 13.8 Å². The van der Waals surface area contributed by atoms with E-state index in [9.17, 15) is 9.90 Å². The summed E-state index contributed by atoms with van der Waals surface area (Å²) in [5.41, 5.74) is 3.21. The van der Waals surface area contributed by atoms with Crippen LogP contribution >= 0.6 is 0 Å². The zero-order valence-electron chi connectivity index (χ0n) is 13.3. The number of hydrogen-bond donors (Lipinski definition) is 1. The molecule has 23 heavy (non-hydrogen) atoms. The number of pyridine rings is 1. The van der Waals surface area contributed by atoms with Crippen LogP contribution in [-0.2, 0) is 9.53 Å². The van der Waals surface area contributed by atoms with Crippen molar-refractivity contribution >= 4 is 23.6 Å². The lowest BCUT2D eigenvalue weighted by molar-refractivity contribution is -0.135. The topological polar surface area (TPSA) is 71.8 Å². The number of rotatable bonds is 4. The number of ether oxygens (including phenoxy) is 1. The minimum absolute atomic E-state index is 0.0143. The number of carbonyl (C=O) groups is 1. The number of aliphatic hydroxyl groups excluding tert-OH is 1. The molecule has 0 bridgehead atoms. The van der Waals surface area contributed by atoms with Gasteiger partial charge < -0.3 is 9.84 Å². The van der Waals surface area contributed by atoms with Crippen molar-refractivity contribution in [1.82, 2.24) is 4.98 Å². The standard InChI is InChI=1S/C18H18N2O3/c1-12-6-7-14(9-13(12)2)17(21)16(18(22)23-3)11-20-15-5-4-8-19-10-15/h4-11,21H,1-3H3. The third-order valence-corrected chi connectivity index (χ3v) is 3.43. The quantitative estimate of drug-likeness (QED) is 0.406. The van der Waals surface area contributed by atoms with Gasteiger partial charge >= 0.3 is 5.97 Å². The van der Waals surface area contributed by atoms with E-state index in [-0.39, 0.29) is 11.3 Å². The third-order valence-electron chi connectivity index (χ3n) is 3.43. The summed E-state index contributed by atoms with van der Waals surface area (Å²) >= 11 is 0. The van der Waals surface area contributed by atoms with Crippen molar-refractivity contribution in [3.63, 3.8) is 0 Å². The monoisotopic (exact) mass is 310 g/mol. The molecule has 0 aliphatic carbocycles. The van der Waals surface area contributed by atoms with Crippen LogP contribution in [-0.4, -0.2) is 29.4 Å². The van der Waals surface area contributed by atoms with Crippen LogP contribution in [0.25, 0.3) is 5.76 Å². The van der Waals surface area contributed by atoms with Crippen molar-refractivity contribution in [1.29, 1.82) is 0 Å². The summed E-state index contributed by atoms with van der Waals surface area (Å²) in [5.74, 6) is -0.832. The van der Waals surface area contributed by atoms with Crippen LogP contribution in [0.15, 0.2) is 53.3 Å². The molecule has 5 nitrogen and oxygen atoms in total. The Balaban J connectivity index is 2.45. The maximum Gasteiger partial charge on any atom is 0.343 e. The minimum Gasteiger partial charge on any atom is -0.506 e. The second-order valence-corrected chi connectivity index (χ2v) is 5.02. The van der Waals surface area contributed by atoms with Crippen molar-refractivity contribution in [3.05, 3.63) is 65.0 Å². The van der Waals surface area contributed by atoms with Crippen LogP contribution < -0.4 is 0 Å². The molecule has 0 aliphatic rings. The van der Waals surface area contributed by atoms with E-state index in [4.69, 9.17) is 4.74 Å². The molecule has 0 saturated heterocycles. The number of hydrogen-bond acceptors (Lipinski definition) is 5. The lowest BCUT2D eigenvalue weighted by Crippen LogP contribution is -2.09. The molecular formula is C18H18N2O3. The van der Waals surface area contributed by atoms with Crippen molar-refractivity contribution in [2.75, 3.05) is 7.11 Å². The molecule has 2 rings (SSSR count). The second-order valence-electron chi connectivity index (χ2n) is 5.02. The first-order valence-electron chi connectivity index (χ1n) is 7.06. The molecule has 1 aromatic carbocycles. The number of carbonyl (C=O) groups excluding carboxylic acids is 1. The number of aromatic nitrogens is 1. The van der Waals surface area contributed by atoms with Gasteiger partial charge in [-0.3, -0.25) is 9.98 Å². The number of aliphatic imine (C=N–C) groups is 1. The summed E-state index contributed by atoms with van der Waals surface area (Å²) in [7, 11) is 1.26. The fraction of sp³-hybridized carbons (Fsp3) is 0.167. The van der Waals surface area contributed by atoms with Gasteiger partial charge in [0, 0.05) is 18.0 Å². The summed E-state index contributed by atoms with van der Waals surface area (Å²) in [6, 6.07) is 8.92. The van der Waals surface area contributed by atoms with Gasteiger partial charge in [0.05, 0.1) is 19.0 Å². The molecule has 0 unspecified atom stereocenters. The molecule has 5 heteroatoms. The highest BCUT2D eigenvalue weighted by Crippen LogP contribution is 2.20. The Morgan fingerprint density at radius 3 is 2.65 bits per heavy atom. The molecule has 1 N–H and O–H groups in total. The van der Waals surface area contributed by atoms with Gasteiger partial charge in [0.25, 0.3) is 0 Å².